The van der Waals surface area contributed by atoms with Crippen molar-refractivity contribution in [1.29, 1.82) is 0 Å². The van der Waals surface area contributed by atoms with Crippen molar-refractivity contribution in [3.63, 3.8) is 0 Å². The quantitative estimate of drug-likeness (QED) is 0.222. The second-order valence-corrected chi connectivity index (χ2v) is 13.0. The predicted molar refractivity (Wildman–Crippen MR) is 121 cm³/mol. The summed E-state index contributed by atoms with van der Waals surface area (Å²) in [6.07, 6.45) is -33.9. The van der Waals surface area contributed by atoms with Crippen LogP contribution >= 0.6 is 0 Å². The highest BCUT2D eigenvalue weighted by atomic mass is 19.4. The molecule has 0 saturated heterocycles. The third-order valence-electron chi connectivity index (χ3n) is 8.56. The second kappa shape index (κ2) is 10.9. The van der Waals surface area contributed by atoms with Crippen LogP contribution in [-0.2, 0) is 9.53 Å². The summed E-state index contributed by atoms with van der Waals surface area (Å²) in [6, 6.07) is 0. The van der Waals surface area contributed by atoms with Crippen LogP contribution in [0.25, 0.3) is 0 Å². The maximum Gasteiger partial charge on any atom is 0.426 e. The molecule has 1 aliphatic rings. The van der Waals surface area contributed by atoms with Gasteiger partial charge in [0.25, 0.3) is 11.2 Å². The van der Waals surface area contributed by atoms with E-state index < -0.39 is 95.3 Å². The molecule has 0 amide bonds. The lowest BCUT2D eigenvalue weighted by atomic mass is 9.59. The molecule has 16 heteroatoms. The van der Waals surface area contributed by atoms with Crippen molar-refractivity contribution in [2.75, 3.05) is 0 Å². The van der Waals surface area contributed by atoms with Gasteiger partial charge in [0.15, 0.2) is 0 Å². The van der Waals surface area contributed by atoms with Gasteiger partial charge in [0, 0.05) is 11.8 Å². The summed E-state index contributed by atoms with van der Waals surface area (Å²) >= 11 is 0. The van der Waals surface area contributed by atoms with Gasteiger partial charge in [-0.3, -0.25) is 4.79 Å². The van der Waals surface area contributed by atoms with Gasteiger partial charge in [-0.15, -0.1) is 0 Å². The predicted octanol–water partition coefficient (Wildman–Crippen LogP) is 7.90. The van der Waals surface area contributed by atoms with E-state index in [4.69, 9.17) is 4.74 Å². The monoisotopic (exact) mass is 628 g/mol. The molecule has 1 rings (SSSR count). The first-order valence-corrected chi connectivity index (χ1v) is 12.7. The van der Waals surface area contributed by atoms with E-state index in [9.17, 15) is 67.7 Å². The molecule has 1 fully saturated rings. The van der Waals surface area contributed by atoms with Crippen LogP contribution in [-0.4, -0.2) is 58.2 Å². The van der Waals surface area contributed by atoms with Gasteiger partial charge in [0.2, 0.25) is 0 Å². The van der Waals surface area contributed by atoms with E-state index >= 15 is 0 Å². The minimum Gasteiger partial charge on any atom is -0.462 e. The molecule has 0 aromatic carbocycles. The Labute approximate surface area is 229 Å². The standard InChI is InChI=1S/C25H36F12O4/c1-8-18(5,6)19(7,12-17(2,3)4)16(38)41-15-10-13(20(39,22(26,27)28)23(29,30)31)9-14(11-15)21(40,24(32,33)34)25(35,36)37/h13-15,39-40H,8-12H2,1-7H3. The normalized spacial score (nSPS) is 24.2. The van der Waals surface area contributed by atoms with Gasteiger partial charge in [-0.25, -0.2) is 0 Å². The van der Waals surface area contributed by atoms with E-state index in [-0.39, 0.29) is 12.8 Å². The SMILES string of the molecule is CCC(C)(C)C(C)(CC(C)(C)C)C(=O)OC1CC(C(O)(C(F)(F)F)C(F)(F)F)CC(C(O)(C(F)(F)F)C(F)(F)F)C1. The lowest BCUT2D eigenvalue weighted by molar-refractivity contribution is -0.405. The topological polar surface area (TPSA) is 66.8 Å². The molecule has 0 bridgehead atoms. The van der Waals surface area contributed by atoms with Crippen LogP contribution in [0.1, 0.15) is 80.6 Å². The fourth-order valence-corrected chi connectivity index (χ4v) is 5.61. The van der Waals surface area contributed by atoms with Crippen molar-refractivity contribution in [2.45, 2.75) is 123 Å². The maximum absolute atomic E-state index is 13.7. The zero-order chi connectivity index (χ0) is 33.1. The molecular weight excluding hydrogens is 592 g/mol. The van der Waals surface area contributed by atoms with Gasteiger partial charge >= 0.3 is 30.7 Å². The molecule has 3 atom stereocenters. The molecule has 244 valence electrons. The van der Waals surface area contributed by atoms with Crippen LogP contribution in [0, 0.1) is 28.1 Å². The lowest BCUT2D eigenvalue weighted by Gasteiger charge is -2.49. The van der Waals surface area contributed by atoms with Crippen molar-refractivity contribution in [1.82, 2.24) is 0 Å². The second-order valence-electron chi connectivity index (χ2n) is 13.0. The van der Waals surface area contributed by atoms with Crippen LogP contribution in [0.2, 0.25) is 0 Å². The first kappa shape index (κ1) is 37.6. The molecule has 2 N–H and O–H groups in total. The first-order chi connectivity index (χ1) is 17.7. The number of hydrogen-bond donors (Lipinski definition) is 2. The van der Waals surface area contributed by atoms with Crippen molar-refractivity contribution < 1.29 is 72.4 Å². The van der Waals surface area contributed by atoms with Crippen LogP contribution in [0.3, 0.4) is 0 Å². The fourth-order valence-electron chi connectivity index (χ4n) is 5.61. The molecule has 0 radical (unpaired) electrons. The largest absolute Gasteiger partial charge is 0.462 e. The van der Waals surface area contributed by atoms with Gasteiger partial charge in [-0.05, 0) is 49.9 Å². The van der Waals surface area contributed by atoms with Gasteiger partial charge < -0.3 is 14.9 Å². The Kier molecular flexibility index (Phi) is 10.0. The lowest BCUT2D eigenvalue weighted by Crippen LogP contribution is -2.67. The number of carbonyl (C=O) groups excluding carboxylic acids is 1. The third-order valence-corrected chi connectivity index (χ3v) is 8.56. The smallest absolute Gasteiger partial charge is 0.426 e. The number of carbonyl (C=O) groups is 1. The highest BCUT2D eigenvalue weighted by Crippen LogP contribution is 2.58. The van der Waals surface area contributed by atoms with Crippen molar-refractivity contribution >= 4 is 5.97 Å². The summed E-state index contributed by atoms with van der Waals surface area (Å²) in [5.41, 5.74) is -14.7. The number of ether oxygens (including phenoxy) is 1. The highest BCUT2D eigenvalue weighted by Gasteiger charge is 2.78. The van der Waals surface area contributed by atoms with E-state index in [1.165, 1.54) is 6.92 Å². The Morgan fingerprint density at radius 2 is 0.976 bits per heavy atom. The van der Waals surface area contributed by atoms with Crippen molar-refractivity contribution in [3.05, 3.63) is 0 Å². The Balaban J connectivity index is 3.83. The van der Waals surface area contributed by atoms with Gasteiger partial charge in [0.1, 0.15) is 6.10 Å². The summed E-state index contributed by atoms with van der Waals surface area (Å²) in [5, 5.41) is 19.8. The maximum atomic E-state index is 13.7. The zero-order valence-corrected chi connectivity index (χ0v) is 23.5. The van der Waals surface area contributed by atoms with Crippen LogP contribution < -0.4 is 0 Å². The van der Waals surface area contributed by atoms with Crippen LogP contribution in [0.4, 0.5) is 52.7 Å². The summed E-state index contributed by atoms with van der Waals surface area (Å²) in [5.74, 6) is -8.07. The molecule has 0 heterocycles. The van der Waals surface area contributed by atoms with Gasteiger partial charge in [0.05, 0.1) is 5.41 Å². The Morgan fingerprint density at radius 1 is 0.659 bits per heavy atom. The Bertz CT molecular complexity index is 853. The summed E-state index contributed by atoms with van der Waals surface area (Å²) in [4.78, 5) is 13.5. The van der Waals surface area contributed by atoms with Gasteiger partial charge in [-0.2, -0.15) is 52.7 Å². The van der Waals surface area contributed by atoms with Crippen LogP contribution in [0.15, 0.2) is 0 Å². The molecule has 1 saturated carbocycles. The molecule has 0 aromatic heterocycles. The number of halogens is 12. The molecule has 4 nitrogen and oxygen atoms in total. The molecule has 0 aliphatic heterocycles. The number of alkyl halides is 12. The minimum absolute atomic E-state index is 0.00330. The van der Waals surface area contributed by atoms with Crippen molar-refractivity contribution in [3.8, 4) is 0 Å². The van der Waals surface area contributed by atoms with E-state index in [0.29, 0.717) is 0 Å². The zero-order valence-electron chi connectivity index (χ0n) is 23.5. The summed E-state index contributed by atoms with van der Waals surface area (Å²) in [7, 11) is 0. The highest BCUT2D eigenvalue weighted by molar-refractivity contribution is 5.77. The van der Waals surface area contributed by atoms with Crippen LogP contribution in [0.5, 0.6) is 0 Å². The van der Waals surface area contributed by atoms with E-state index in [0.717, 1.165) is 0 Å². The number of aliphatic hydroxyl groups is 2. The summed E-state index contributed by atoms with van der Waals surface area (Å²) in [6.45, 7) is 11.3. The van der Waals surface area contributed by atoms with E-state index in [1.807, 2.05) is 0 Å². The average Bonchev–Trinajstić information content (AvgIpc) is 2.73. The van der Waals surface area contributed by atoms with Crippen molar-refractivity contribution in [2.24, 2.45) is 28.1 Å². The van der Waals surface area contributed by atoms with Gasteiger partial charge in [-0.1, -0.05) is 41.5 Å². The molecule has 41 heavy (non-hydrogen) atoms. The molecule has 1 aliphatic carbocycles. The minimum atomic E-state index is -6.61. The third kappa shape index (κ3) is 6.87. The Hall–Kier alpha value is -1.45. The molecule has 0 aromatic rings. The van der Waals surface area contributed by atoms with E-state index in [2.05, 4.69) is 0 Å². The fraction of sp³-hybridized carbons (Fsp3) is 0.960. The number of rotatable bonds is 7. The number of hydrogen-bond acceptors (Lipinski definition) is 4. The molecule has 3 unspecified atom stereocenters. The molecule has 0 spiro atoms. The molecular formula is C25H36F12O4. The summed E-state index contributed by atoms with van der Waals surface area (Å²) < 4.78 is 169. The number of esters is 1. The Morgan fingerprint density at radius 3 is 1.22 bits per heavy atom. The average molecular weight is 629 g/mol. The van der Waals surface area contributed by atoms with E-state index in [1.54, 1.807) is 41.5 Å². The first-order valence-electron chi connectivity index (χ1n) is 12.7.